The van der Waals surface area contributed by atoms with Gasteiger partial charge in [0.1, 0.15) is 23.9 Å². The van der Waals surface area contributed by atoms with E-state index >= 15 is 0 Å². The van der Waals surface area contributed by atoms with E-state index in [1.54, 1.807) is 15.7 Å². The summed E-state index contributed by atoms with van der Waals surface area (Å²) in [4.78, 5) is 34.8. The smallest absolute Gasteiger partial charge is 0.327 e. The van der Waals surface area contributed by atoms with Crippen LogP contribution in [0.15, 0.2) is 39.8 Å². The Morgan fingerprint density at radius 3 is 2.82 bits per heavy atom. The molecule has 3 aromatic heterocycles. The zero-order valence-electron chi connectivity index (χ0n) is 19.5. The van der Waals surface area contributed by atoms with Gasteiger partial charge in [0.15, 0.2) is 5.75 Å². The minimum absolute atomic E-state index is 0.113. The highest BCUT2D eigenvalue weighted by molar-refractivity contribution is 5.95. The predicted octanol–water partition coefficient (Wildman–Crippen LogP) is 2.16. The molecule has 10 heteroatoms. The highest BCUT2D eigenvalue weighted by Gasteiger charge is 2.32. The molecule has 0 spiro atoms. The van der Waals surface area contributed by atoms with Gasteiger partial charge in [0.2, 0.25) is 5.91 Å². The Balaban J connectivity index is 1.71. The van der Waals surface area contributed by atoms with Crippen LogP contribution in [0.5, 0.6) is 5.75 Å². The van der Waals surface area contributed by atoms with Crippen molar-refractivity contribution in [2.45, 2.75) is 26.4 Å². The molecule has 4 heterocycles. The zero-order valence-corrected chi connectivity index (χ0v) is 19.5. The summed E-state index contributed by atoms with van der Waals surface area (Å²) in [5, 5.41) is 7.05. The number of nitrogens with zero attached hydrogens (tertiary/aromatic N) is 4. The first-order valence-corrected chi connectivity index (χ1v) is 11.0. The molecule has 0 unspecified atom stereocenters. The fraction of sp³-hybridized carbons (Fsp3) is 0.333. The van der Waals surface area contributed by atoms with E-state index in [4.69, 9.17) is 9.26 Å². The summed E-state index contributed by atoms with van der Waals surface area (Å²) in [7, 11) is 3.67. The van der Waals surface area contributed by atoms with Crippen molar-refractivity contribution in [1.82, 2.24) is 29.9 Å². The molecule has 2 N–H and O–H groups in total. The lowest BCUT2D eigenvalue weighted by atomic mass is 9.97. The van der Waals surface area contributed by atoms with Crippen LogP contribution in [0.2, 0.25) is 0 Å². The summed E-state index contributed by atoms with van der Waals surface area (Å²) in [5.41, 5.74) is 4.81. The first kappa shape index (κ1) is 21.9. The van der Waals surface area contributed by atoms with Crippen molar-refractivity contribution in [2.75, 3.05) is 27.2 Å². The number of carbonyl (C=O) groups is 1. The van der Waals surface area contributed by atoms with Gasteiger partial charge in [-0.15, -0.1) is 0 Å². The Hall–Kier alpha value is -3.92. The van der Waals surface area contributed by atoms with Crippen LogP contribution in [-0.4, -0.2) is 57.7 Å². The predicted molar refractivity (Wildman–Crippen MR) is 126 cm³/mol. The van der Waals surface area contributed by atoms with Crippen LogP contribution in [-0.2, 0) is 11.3 Å². The summed E-state index contributed by atoms with van der Waals surface area (Å²) in [6.45, 7) is 4.47. The number of aromatic amines is 1. The normalized spacial score (nSPS) is 15.0. The number of aryl methyl sites for hydroxylation is 2. The Morgan fingerprint density at radius 2 is 2.15 bits per heavy atom. The fourth-order valence-electron chi connectivity index (χ4n) is 4.54. The molecule has 4 aromatic rings. The van der Waals surface area contributed by atoms with Crippen molar-refractivity contribution >= 4 is 16.9 Å². The minimum Gasteiger partial charge on any atom is -0.488 e. The number of rotatable bonds is 6. The Bertz CT molecular complexity index is 1410. The van der Waals surface area contributed by atoms with Crippen LogP contribution in [0.25, 0.3) is 22.2 Å². The van der Waals surface area contributed by atoms with E-state index in [0.717, 1.165) is 28.1 Å². The summed E-state index contributed by atoms with van der Waals surface area (Å²) >= 11 is 0. The maximum absolute atomic E-state index is 13.2. The van der Waals surface area contributed by atoms with Gasteiger partial charge < -0.3 is 24.5 Å². The molecule has 0 saturated carbocycles. The number of pyridine rings is 1. The van der Waals surface area contributed by atoms with Crippen LogP contribution in [0.4, 0.5) is 0 Å². The van der Waals surface area contributed by atoms with Crippen molar-refractivity contribution in [3.63, 3.8) is 0 Å². The summed E-state index contributed by atoms with van der Waals surface area (Å²) in [5.74, 6) is 1.12. The van der Waals surface area contributed by atoms with Gasteiger partial charge in [-0.25, -0.2) is 4.79 Å². The maximum Gasteiger partial charge on any atom is 0.327 e. The van der Waals surface area contributed by atoms with Gasteiger partial charge in [-0.3, -0.25) is 14.3 Å². The Labute approximate surface area is 195 Å². The average Bonchev–Trinajstić information content (AvgIpc) is 3.33. The maximum atomic E-state index is 13.2. The quantitative estimate of drug-likeness (QED) is 0.451. The van der Waals surface area contributed by atoms with Gasteiger partial charge in [-0.1, -0.05) is 11.2 Å². The number of benzene rings is 1. The molecule has 0 fully saturated rings. The number of aromatic nitrogens is 4. The lowest BCUT2D eigenvalue weighted by Gasteiger charge is -2.27. The molecule has 0 aliphatic carbocycles. The molecule has 10 nitrogen and oxygen atoms in total. The van der Waals surface area contributed by atoms with Gasteiger partial charge in [0, 0.05) is 18.3 Å². The van der Waals surface area contributed by atoms with Crippen molar-refractivity contribution in [3.05, 3.63) is 63.7 Å². The molecule has 1 atom stereocenters. The molecule has 0 radical (unpaired) electrons. The third-order valence-electron chi connectivity index (χ3n) is 5.99. The number of likely N-dealkylation sites (N-methyl/N-ethyl adjacent to an activating group) is 1. The standard InChI is InChI=1S/C24H26N6O4/c1-13-20(14(2)34-28-13)16-9-15(10-26-19(31)11-29(3)4)21-22-23(16)33-12-18(30(22)24(32)27-21)17-7-5-6-8-25-17/h5-9,18H,10-12H2,1-4H3,(H,26,31)(H,27,32)/t18-/m1/s1. The third kappa shape index (κ3) is 3.65. The monoisotopic (exact) mass is 462 g/mol. The summed E-state index contributed by atoms with van der Waals surface area (Å²) < 4.78 is 13.4. The van der Waals surface area contributed by atoms with Gasteiger partial charge in [-0.2, -0.15) is 0 Å². The number of hydrogen-bond donors (Lipinski definition) is 2. The number of H-pyrrole nitrogens is 1. The number of amides is 1. The van der Waals surface area contributed by atoms with Crippen LogP contribution in [0.3, 0.4) is 0 Å². The SMILES string of the molecule is Cc1noc(C)c1-c1cc(CNC(=O)CN(C)C)c2[nH]c(=O)n3c2c1OC[C@@H]3c1ccccn1. The average molecular weight is 463 g/mol. The van der Waals surface area contributed by atoms with Crippen LogP contribution >= 0.6 is 0 Å². The number of carbonyl (C=O) groups excluding carboxylic acids is 1. The van der Waals surface area contributed by atoms with Gasteiger partial charge in [0.25, 0.3) is 0 Å². The van der Waals surface area contributed by atoms with Crippen LogP contribution < -0.4 is 15.7 Å². The molecule has 0 saturated heterocycles. The molecule has 34 heavy (non-hydrogen) atoms. The topological polar surface area (TPSA) is 118 Å². The molecule has 1 aliphatic rings. The van der Waals surface area contributed by atoms with E-state index in [2.05, 4.69) is 20.4 Å². The molecule has 0 bridgehead atoms. The molecular weight excluding hydrogens is 436 g/mol. The largest absolute Gasteiger partial charge is 0.488 e. The highest BCUT2D eigenvalue weighted by atomic mass is 16.5. The minimum atomic E-state index is -0.383. The van der Waals surface area contributed by atoms with Crippen molar-refractivity contribution < 1.29 is 14.1 Å². The molecule has 1 aromatic carbocycles. The van der Waals surface area contributed by atoms with E-state index in [9.17, 15) is 9.59 Å². The number of hydrogen-bond acceptors (Lipinski definition) is 7. The number of nitrogens with one attached hydrogen (secondary N) is 2. The number of ether oxygens (including phenoxy) is 1. The Morgan fingerprint density at radius 1 is 1.32 bits per heavy atom. The lowest BCUT2D eigenvalue weighted by Crippen LogP contribution is -2.33. The molecule has 1 aliphatic heterocycles. The van der Waals surface area contributed by atoms with E-state index in [1.807, 2.05) is 52.2 Å². The van der Waals surface area contributed by atoms with Gasteiger partial charge >= 0.3 is 5.69 Å². The van der Waals surface area contributed by atoms with Crippen molar-refractivity contribution in [3.8, 4) is 16.9 Å². The van der Waals surface area contributed by atoms with E-state index in [0.29, 0.717) is 22.5 Å². The summed E-state index contributed by atoms with van der Waals surface area (Å²) in [6, 6.07) is 7.15. The molecular formula is C24H26N6O4. The van der Waals surface area contributed by atoms with Crippen molar-refractivity contribution in [1.29, 1.82) is 0 Å². The molecule has 176 valence electrons. The Kier molecular flexibility index (Phi) is 5.45. The second-order valence-electron chi connectivity index (χ2n) is 8.73. The van der Waals surface area contributed by atoms with Crippen LogP contribution in [0, 0.1) is 13.8 Å². The fourth-order valence-corrected chi connectivity index (χ4v) is 4.54. The molecule has 5 rings (SSSR count). The molecule has 1 amide bonds. The summed E-state index contributed by atoms with van der Waals surface area (Å²) in [6.07, 6.45) is 1.70. The second-order valence-corrected chi connectivity index (χ2v) is 8.73. The van der Waals surface area contributed by atoms with Crippen LogP contribution in [0.1, 0.15) is 28.8 Å². The van der Waals surface area contributed by atoms with E-state index in [-0.39, 0.29) is 37.3 Å². The first-order valence-electron chi connectivity index (χ1n) is 11.0. The van der Waals surface area contributed by atoms with Gasteiger partial charge in [-0.05, 0) is 51.7 Å². The van der Waals surface area contributed by atoms with Crippen molar-refractivity contribution in [2.24, 2.45) is 0 Å². The number of imidazole rings is 1. The van der Waals surface area contributed by atoms with Gasteiger partial charge in [0.05, 0.1) is 29.0 Å². The highest BCUT2D eigenvalue weighted by Crippen LogP contribution is 2.44. The first-order chi connectivity index (χ1) is 16.3. The lowest BCUT2D eigenvalue weighted by molar-refractivity contribution is -0.121. The zero-order chi connectivity index (χ0) is 24.0. The third-order valence-corrected chi connectivity index (χ3v) is 5.99. The second kappa shape index (κ2) is 8.45. The van der Waals surface area contributed by atoms with E-state index in [1.165, 1.54) is 0 Å². The van der Waals surface area contributed by atoms with E-state index < -0.39 is 0 Å².